The minimum absolute atomic E-state index is 0.0812. The summed E-state index contributed by atoms with van der Waals surface area (Å²) in [6, 6.07) is 15.7. The Morgan fingerprint density at radius 3 is 2.83 bits per heavy atom. The first-order chi connectivity index (χ1) is 11.7. The summed E-state index contributed by atoms with van der Waals surface area (Å²) in [6.45, 7) is 0. The van der Waals surface area contributed by atoms with Gasteiger partial charge in [0.1, 0.15) is 0 Å². The summed E-state index contributed by atoms with van der Waals surface area (Å²) in [6.07, 6.45) is 0. The summed E-state index contributed by atoms with van der Waals surface area (Å²) in [4.78, 5) is 17.4. The Morgan fingerprint density at radius 2 is 2.00 bits per heavy atom. The van der Waals surface area contributed by atoms with Crippen LogP contribution >= 0.6 is 35.1 Å². The summed E-state index contributed by atoms with van der Waals surface area (Å²) >= 11 is 9.43. The van der Waals surface area contributed by atoms with Gasteiger partial charge in [-0.3, -0.25) is 9.36 Å². The smallest absolute Gasteiger partial charge is 0.262 e. The van der Waals surface area contributed by atoms with Gasteiger partial charge in [0.25, 0.3) is 5.56 Å². The van der Waals surface area contributed by atoms with Crippen molar-refractivity contribution in [1.82, 2.24) is 9.55 Å². The molecule has 0 radical (unpaired) electrons. The van der Waals surface area contributed by atoms with Crippen LogP contribution in [0.4, 0.5) is 0 Å². The van der Waals surface area contributed by atoms with E-state index in [2.05, 4.69) is 4.98 Å². The lowest BCUT2D eigenvalue weighted by Gasteiger charge is -2.13. The van der Waals surface area contributed by atoms with Gasteiger partial charge in [0, 0.05) is 22.3 Å². The van der Waals surface area contributed by atoms with Crippen LogP contribution in [0.1, 0.15) is 11.6 Å². The zero-order valence-electron chi connectivity index (χ0n) is 12.8. The van der Waals surface area contributed by atoms with Crippen LogP contribution in [0.15, 0.2) is 58.5 Å². The first-order valence-corrected chi connectivity index (χ1v) is 10.2. The van der Waals surface area contributed by atoms with Crippen LogP contribution in [-0.2, 0) is 5.75 Å². The quantitative estimate of drug-likeness (QED) is 0.623. The van der Waals surface area contributed by atoms with Crippen LogP contribution < -0.4 is 5.56 Å². The van der Waals surface area contributed by atoms with E-state index in [-0.39, 0.29) is 11.6 Å². The summed E-state index contributed by atoms with van der Waals surface area (Å²) in [5, 5.41) is 2.31. The van der Waals surface area contributed by atoms with Crippen molar-refractivity contribution in [3.05, 3.63) is 69.5 Å². The van der Waals surface area contributed by atoms with E-state index >= 15 is 0 Å². The summed E-state index contributed by atoms with van der Waals surface area (Å²) in [5.41, 5.74) is 2.12. The number of hydrogen-bond acceptors (Lipinski definition) is 4. The van der Waals surface area contributed by atoms with Gasteiger partial charge in [0.05, 0.1) is 16.9 Å². The zero-order chi connectivity index (χ0) is 16.5. The second kappa shape index (κ2) is 6.82. The van der Waals surface area contributed by atoms with Crippen LogP contribution in [0.2, 0.25) is 5.02 Å². The van der Waals surface area contributed by atoms with Gasteiger partial charge in [0.2, 0.25) is 0 Å². The van der Waals surface area contributed by atoms with Crippen molar-refractivity contribution in [2.75, 3.05) is 11.5 Å². The molecule has 4 rings (SSSR count). The largest absolute Gasteiger partial charge is 0.282 e. The Balaban J connectivity index is 1.52. The fourth-order valence-corrected chi connectivity index (χ4v) is 5.31. The zero-order valence-corrected chi connectivity index (χ0v) is 15.2. The van der Waals surface area contributed by atoms with Crippen molar-refractivity contribution in [3.63, 3.8) is 0 Å². The Labute approximate surface area is 153 Å². The van der Waals surface area contributed by atoms with Crippen LogP contribution in [0.25, 0.3) is 10.9 Å². The Hall–Kier alpha value is -1.43. The highest BCUT2D eigenvalue weighted by Gasteiger charge is 2.26. The van der Waals surface area contributed by atoms with Crippen molar-refractivity contribution in [3.8, 4) is 0 Å². The highest BCUT2D eigenvalue weighted by Crippen LogP contribution is 2.33. The maximum atomic E-state index is 12.8. The third-order valence-electron chi connectivity index (χ3n) is 4.04. The average molecular weight is 375 g/mol. The molecular weight excluding hydrogens is 360 g/mol. The predicted octanol–water partition coefficient (Wildman–Crippen LogP) is 4.63. The lowest BCUT2D eigenvalue weighted by atomic mass is 10.2. The van der Waals surface area contributed by atoms with E-state index in [0.29, 0.717) is 5.39 Å². The Bertz CT molecular complexity index is 940. The number of nitrogens with zero attached hydrogens (tertiary/aromatic N) is 2. The Kier molecular flexibility index (Phi) is 4.57. The van der Waals surface area contributed by atoms with Gasteiger partial charge in [-0.2, -0.15) is 11.8 Å². The SMILES string of the molecule is O=c1c2ccccc2nc2n1[C@@H](CSCc1ccc(Cl)cc1)CS2. The second-order valence-corrected chi connectivity index (χ2v) is 8.15. The summed E-state index contributed by atoms with van der Waals surface area (Å²) in [7, 11) is 0. The fourth-order valence-electron chi connectivity index (χ4n) is 2.81. The molecule has 0 bridgehead atoms. The molecule has 122 valence electrons. The molecule has 3 nitrogen and oxygen atoms in total. The molecule has 1 aliphatic heterocycles. The minimum Gasteiger partial charge on any atom is -0.282 e. The summed E-state index contributed by atoms with van der Waals surface area (Å²) in [5.74, 6) is 2.73. The lowest BCUT2D eigenvalue weighted by Crippen LogP contribution is -2.26. The van der Waals surface area contributed by atoms with Crippen LogP contribution in [0.3, 0.4) is 0 Å². The van der Waals surface area contributed by atoms with Crippen molar-refractivity contribution >= 4 is 46.0 Å². The van der Waals surface area contributed by atoms with E-state index in [1.807, 2.05) is 64.9 Å². The first-order valence-electron chi connectivity index (χ1n) is 7.68. The number of aromatic nitrogens is 2. The van der Waals surface area contributed by atoms with E-state index < -0.39 is 0 Å². The van der Waals surface area contributed by atoms with Crippen LogP contribution in [0.5, 0.6) is 0 Å². The lowest BCUT2D eigenvalue weighted by molar-refractivity contribution is 0.558. The monoisotopic (exact) mass is 374 g/mol. The molecule has 0 unspecified atom stereocenters. The fraction of sp³-hybridized carbons (Fsp3) is 0.222. The molecule has 6 heteroatoms. The number of hydrogen-bond donors (Lipinski definition) is 0. The number of benzene rings is 2. The highest BCUT2D eigenvalue weighted by atomic mass is 35.5. The topological polar surface area (TPSA) is 34.9 Å². The van der Waals surface area contributed by atoms with Gasteiger partial charge >= 0.3 is 0 Å². The molecule has 0 N–H and O–H groups in total. The summed E-state index contributed by atoms with van der Waals surface area (Å²) < 4.78 is 1.88. The molecule has 1 aliphatic rings. The molecule has 3 aromatic rings. The highest BCUT2D eigenvalue weighted by molar-refractivity contribution is 8.00. The number of halogens is 1. The predicted molar refractivity (Wildman–Crippen MR) is 103 cm³/mol. The molecule has 0 saturated carbocycles. The standard InChI is InChI=1S/C18H15ClN2OS2/c19-13-7-5-12(6-8-13)9-23-10-14-11-24-18-20-16-4-2-1-3-15(16)17(22)21(14)18/h1-8,14H,9-11H2/t14-/m0/s1. The molecule has 2 aromatic carbocycles. The number of rotatable bonds is 4. The normalized spacial score (nSPS) is 16.5. The molecule has 0 fully saturated rings. The van der Waals surface area contributed by atoms with Crippen molar-refractivity contribution in [1.29, 1.82) is 0 Å². The first kappa shape index (κ1) is 16.1. The maximum absolute atomic E-state index is 12.8. The van der Waals surface area contributed by atoms with Crippen molar-refractivity contribution in [2.24, 2.45) is 0 Å². The molecule has 0 aliphatic carbocycles. The van der Waals surface area contributed by atoms with Gasteiger partial charge in [0.15, 0.2) is 5.16 Å². The molecule has 24 heavy (non-hydrogen) atoms. The maximum Gasteiger partial charge on any atom is 0.262 e. The van der Waals surface area contributed by atoms with Crippen molar-refractivity contribution < 1.29 is 0 Å². The molecule has 0 amide bonds. The number of thioether (sulfide) groups is 2. The van der Waals surface area contributed by atoms with Crippen LogP contribution in [0, 0.1) is 0 Å². The molecule has 1 atom stereocenters. The van der Waals surface area contributed by atoms with E-state index in [1.165, 1.54) is 5.56 Å². The van der Waals surface area contributed by atoms with Gasteiger partial charge in [-0.1, -0.05) is 47.6 Å². The van der Waals surface area contributed by atoms with E-state index in [9.17, 15) is 4.79 Å². The molecule has 0 saturated heterocycles. The van der Waals surface area contributed by atoms with E-state index in [1.54, 1.807) is 11.8 Å². The van der Waals surface area contributed by atoms with Gasteiger partial charge < -0.3 is 0 Å². The second-order valence-electron chi connectivity index (χ2n) is 5.69. The molecule has 1 aromatic heterocycles. The Morgan fingerprint density at radius 1 is 1.21 bits per heavy atom. The van der Waals surface area contributed by atoms with Gasteiger partial charge in [-0.15, -0.1) is 0 Å². The van der Waals surface area contributed by atoms with Crippen molar-refractivity contribution in [2.45, 2.75) is 17.0 Å². The average Bonchev–Trinajstić information content (AvgIpc) is 3.00. The van der Waals surface area contributed by atoms with Gasteiger partial charge in [-0.25, -0.2) is 4.98 Å². The van der Waals surface area contributed by atoms with E-state index in [0.717, 1.165) is 33.0 Å². The minimum atomic E-state index is 0.0812. The van der Waals surface area contributed by atoms with E-state index in [4.69, 9.17) is 11.6 Å². The third-order valence-corrected chi connectivity index (χ3v) is 6.55. The third kappa shape index (κ3) is 3.08. The molecular formula is C18H15ClN2OS2. The molecule has 2 heterocycles. The number of fused-ring (bicyclic) bond motifs is 2. The number of para-hydroxylation sites is 1. The van der Waals surface area contributed by atoms with Crippen LogP contribution in [-0.4, -0.2) is 21.1 Å². The van der Waals surface area contributed by atoms with Gasteiger partial charge in [-0.05, 0) is 29.8 Å². The molecule has 0 spiro atoms.